The van der Waals surface area contributed by atoms with Gasteiger partial charge in [0.15, 0.2) is 5.78 Å². The average Bonchev–Trinajstić information content (AvgIpc) is 2.36. The van der Waals surface area contributed by atoms with Crippen molar-refractivity contribution in [2.75, 3.05) is 25.5 Å². The predicted molar refractivity (Wildman–Crippen MR) is 78.9 cm³/mol. The summed E-state index contributed by atoms with van der Waals surface area (Å²) >= 11 is 0. The Morgan fingerprint density at radius 3 is 2.40 bits per heavy atom. The van der Waals surface area contributed by atoms with Crippen molar-refractivity contribution in [3.8, 4) is 0 Å². The van der Waals surface area contributed by atoms with Crippen LogP contribution in [0.25, 0.3) is 0 Å². The molecule has 0 aliphatic rings. The first kappa shape index (κ1) is 16.3. The van der Waals surface area contributed by atoms with Gasteiger partial charge in [-0.2, -0.15) is 0 Å². The summed E-state index contributed by atoms with van der Waals surface area (Å²) in [6.45, 7) is 4.16. The van der Waals surface area contributed by atoms with Crippen LogP contribution in [-0.4, -0.2) is 47.9 Å². The number of carbonyl (C=O) groups excluding carboxylic acids is 2. The molecule has 1 unspecified atom stereocenters. The fraction of sp³-hybridized carbons (Fsp3) is 0.467. The van der Waals surface area contributed by atoms with E-state index in [4.69, 9.17) is 0 Å². The van der Waals surface area contributed by atoms with Gasteiger partial charge in [0.2, 0.25) is 5.91 Å². The van der Waals surface area contributed by atoms with E-state index < -0.39 is 0 Å². The Hall–Kier alpha value is -1.72. The van der Waals surface area contributed by atoms with Gasteiger partial charge in [-0.25, -0.2) is 0 Å². The van der Waals surface area contributed by atoms with E-state index in [0.29, 0.717) is 24.2 Å². The van der Waals surface area contributed by atoms with Crippen molar-refractivity contribution in [1.82, 2.24) is 4.90 Å². The fourth-order valence-electron chi connectivity index (χ4n) is 1.72. The number of aliphatic hydroxyl groups excluding tert-OH is 1. The normalized spacial score (nSPS) is 12.2. The molecule has 110 valence electrons. The van der Waals surface area contributed by atoms with Gasteiger partial charge in [-0.05, 0) is 51.6 Å². The number of ketones is 1. The number of aliphatic hydroxyl groups is 1. The van der Waals surface area contributed by atoms with Crippen LogP contribution in [0.15, 0.2) is 24.3 Å². The van der Waals surface area contributed by atoms with Crippen molar-refractivity contribution in [3.05, 3.63) is 29.8 Å². The summed E-state index contributed by atoms with van der Waals surface area (Å²) in [5, 5.41) is 12.0. The van der Waals surface area contributed by atoms with Crippen LogP contribution in [0.2, 0.25) is 0 Å². The fourth-order valence-corrected chi connectivity index (χ4v) is 1.72. The number of anilines is 1. The van der Waals surface area contributed by atoms with Gasteiger partial charge in [0.25, 0.3) is 0 Å². The molecule has 1 atom stereocenters. The van der Waals surface area contributed by atoms with E-state index in [0.717, 1.165) is 0 Å². The molecule has 0 fully saturated rings. The van der Waals surface area contributed by atoms with Crippen LogP contribution < -0.4 is 5.32 Å². The van der Waals surface area contributed by atoms with Crippen LogP contribution in [0, 0.1) is 0 Å². The summed E-state index contributed by atoms with van der Waals surface area (Å²) in [5.74, 6) is -0.116. The summed E-state index contributed by atoms with van der Waals surface area (Å²) in [6, 6.07) is 6.80. The van der Waals surface area contributed by atoms with E-state index >= 15 is 0 Å². The quantitative estimate of drug-likeness (QED) is 0.742. The van der Waals surface area contributed by atoms with E-state index in [-0.39, 0.29) is 24.3 Å². The zero-order valence-electron chi connectivity index (χ0n) is 12.2. The summed E-state index contributed by atoms with van der Waals surface area (Å²) in [7, 11) is 1.83. The van der Waals surface area contributed by atoms with Crippen LogP contribution in [0.1, 0.15) is 30.6 Å². The highest BCUT2D eigenvalue weighted by Gasteiger charge is 2.08. The number of rotatable bonds is 7. The van der Waals surface area contributed by atoms with E-state index in [1.807, 2.05) is 11.9 Å². The topological polar surface area (TPSA) is 69.6 Å². The predicted octanol–water partition coefficient (Wildman–Crippen LogP) is 1.53. The van der Waals surface area contributed by atoms with Gasteiger partial charge in [-0.3, -0.25) is 14.5 Å². The molecule has 0 aromatic heterocycles. The minimum Gasteiger partial charge on any atom is -0.393 e. The molecule has 0 saturated carbocycles. The Labute approximate surface area is 119 Å². The first-order chi connectivity index (χ1) is 9.38. The number of nitrogens with zero attached hydrogens (tertiary/aromatic N) is 1. The van der Waals surface area contributed by atoms with E-state index in [9.17, 15) is 14.7 Å². The smallest absolute Gasteiger partial charge is 0.238 e. The molecule has 0 saturated heterocycles. The summed E-state index contributed by atoms with van der Waals surface area (Å²) in [6.07, 6.45) is 0.275. The number of Topliss-reactive ketones (excluding diaryl/α,β-unsaturated/α-hetero) is 1. The number of hydrogen-bond acceptors (Lipinski definition) is 4. The van der Waals surface area contributed by atoms with E-state index in [1.54, 1.807) is 31.2 Å². The van der Waals surface area contributed by atoms with E-state index in [2.05, 4.69) is 5.32 Å². The molecular formula is C15H22N2O3. The minimum absolute atomic E-state index is 0.000679. The average molecular weight is 278 g/mol. The summed E-state index contributed by atoms with van der Waals surface area (Å²) in [5.41, 5.74) is 1.29. The van der Waals surface area contributed by atoms with Crippen LogP contribution in [0.3, 0.4) is 0 Å². The zero-order chi connectivity index (χ0) is 15.1. The SMILES string of the molecule is CC(=O)c1ccc(NC(=O)CN(C)CCC(C)O)cc1. The zero-order valence-corrected chi connectivity index (χ0v) is 12.2. The molecule has 1 amide bonds. The Balaban J connectivity index is 2.43. The third-order valence-electron chi connectivity index (χ3n) is 2.92. The second-order valence-corrected chi connectivity index (χ2v) is 5.06. The molecule has 1 aromatic carbocycles. The molecule has 5 heteroatoms. The molecular weight excluding hydrogens is 256 g/mol. The molecule has 0 radical (unpaired) electrons. The molecule has 0 spiro atoms. The Morgan fingerprint density at radius 2 is 1.90 bits per heavy atom. The molecule has 0 heterocycles. The molecule has 1 rings (SSSR count). The summed E-state index contributed by atoms with van der Waals surface area (Å²) < 4.78 is 0. The molecule has 2 N–H and O–H groups in total. The van der Waals surface area contributed by atoms with Crippen LogP contribution in [-0.2, 0) is 4.79 Å². The molecule has 20 heavy (non-hydrogen) atoms. The highest BCUT2D eigenvalue weighted by Crippen LogP contribution is 2.10. The lowest BCUT2D eigenvalue weighted by molar-refractivity contribution is -0.117. The highest BCUT2D eigenvalue weighted by molar-refractivity contribution is 5.96. The van der Waals surface area contributed by atoms with Gasteiger partial charge in [-0.15, -0.1) is 0 Å². The van der Waals surface area contributed by atoms with Crippen molar-refractivity contribution >= 4 is 17.4 Å². The van der Waals surface area contributed by atoms with Crippen LogP contribution in [0.4, 0.5) is 5.69 Å². The lowest BCUT2D eigenvalue weighted by Gasteiger charge is -2.17. The molecule has 0 bridgehead atoms. The lowest BCUT2D eigenvalue weighted by atomic mass is 10.1. The van der Waals surface area contributed by atoms with Crippen LogP contribution >= 0.6 is 0 Å². The minimum atomic E-state index is -0.361. The Morgan fingerprint density at radius 1 is 1.30 bits per heavy atom. The maximum Gasteiger partial charge on any atom is 0.238 e. The van der Waals surface area contributed by atoms with Crippen molar-refractivity contribution < 1.29 is 14.7 Å². The first-order valence-corrected chi connectivity index (χ1v) is 6.66. The maximum atomic E-state index is 11.8. The third kappa shape index (κ3) is 5.95. The summed E-state index contributed by atoms with van der Waals surface area (Å²) in [4.78, 5) is 24.8. The van der Waals surface area contributed by atoms with Crippen molar-refractivity contribution in [3.63, 3.8) is 0 Å². The van der Waals surface area contributed by atoms with E-state index in [1.165, 1.54) is 6.92 Å². The van der Waals surface area contributed by atoms with Gasteiger partial charge < -0.3 is 10.4 Å². The third-order valence-corrected chi connectivity index (χ3v) is 2.92. The molecule has 0 aliphatic heterocycles. The number of carbonyl (C=O) groups is 2. The van der Waals surface area contributed by atoms with Crippen molar-refractivity contribution in [2.24, 2.45) is 0 Å². The van der Waals surface area contributed by atoms with Gasteiger partial charge >= 0.3 is 0 Å². The standard InChI is InChI=1S/C15H22N2O3/c1-11(18)8-9-17(3)10-15(20)16-14-6-4-13(5-7-14)12(2)19/h4-7,11,18H,8-10H2,1-3H3,(H,16,20). The first-order valence-electron chi connectivity index (χ1n) is 6.66. The number of amides is 1. The molecule has 0 aliphatic carbocycles. The molecule has 1 aromatic rings. The molecule has 5 nitrogen and oxygen atoms in total. The number of benzene rings is 1. The Kier molecular flexibility index (Phi) is 6.35. The number of nitrogens with one attached hydrogen (secondary N) is 1. The maximum absolute atomic E-state index is 11.8. The highest BCUT2D eigenvalue weighted by atomic mass is 16.3. The largest absolute Gasteiger partial charge is 0.393 e. The van der Waals surface area contributed by atoms with Gasteiger partial charge in [0.05, 0.1) is 12.6 Å². The number of hydrogen-bond donors (Lipinski definition) is 2. The lowest BCUT2D eigenvalue weighted by Crippen LogP contribution is -2.32. The monoisotopic (exact) mass is 278 g/mol. The van der Waals surface area contributed by atoms with Gasteiger partial charge in [0, 0.05) is 17.8 Å². The van der Waals surface area contributed by atoms with Crippen molar-refractivity contribution in [1.29, 1.82) is 0 Å². The second kappa shape index (κ2) is 7.77. The van der Waals surface area contributed by atoms with Crippen molar-refractivity contribution in [2.45, 2.75) is 26.4 Å². The van der Waals surface area contributed by atoms with Gasteiger partial charge in [-0.1, -0.05) is 0 Å². The second-order valence-electron chi connectivity index (χ2n) is 5.06. The number of likely N-dealkylation sites (N-methyl/N-ethyl adjacent to an activating group) is 1. The van der Waals surface area contributed by atoms with Gasteiger partial charge in [0.1, 0.15) is 0 Å². The van der Waals surface area contributed by atoms with Crippen LogP contribution in [0.5, 0.6) is 0 Å². The Bertz CT molecular complexity index is 455.